The number of carbonyl (C=O) groups excluding carboxylic acids is 1. The largest absolute Gasteiger partial charge is 0.349 e. The van der Waals surface area contributed by atoms with E-state index in [1.165, 1.54) is 12.3 Å². The van der Waals surface area contributed by atoms with Crippen molar-refractivity contribution in [3.8, 4) is 0 Å². The Morgan fingerprint density at radius 1 is 1.19 bits per heavy atom. The van der Waals surface area contributed by atoms with E-state index in [-0.39, 0.29) is 23.3 Å². The molecule has 2 N–H and O–H groups in total. The Kier molecular flexibility index (Phi) is 4.67. The van der Waals surface area contributed by atoms with Crippen molar-refractivity contribution in [1.29, 1.82) is 0 Å². The molecular formula is C20H18F4N6O. The zero-order valence-corrected chi connectivity index (χ0v) is 16.2. The maximum absolute atomic E-state index is 14.4. The molecule has 11 heteroatoms. The van der Waals surface area contributed by atoms with Crippen molar-refractivity contribution in [3.63, 3.8) is 0 Å². The minimum absolute atomic E-state index is 0.0445. The summed E-state index contributed by atoms with van der Waals surface area (Å²) in [6, 6.07) is 3.14. The van der Waals surface area contributed by atoms with E-state index < -0.39 is 41.9 Å². The van der Waals surface area contributed by atoms with Crippen LogP contribution in [-0.2, 0) is 0 Å². The van der Waals surface area contributed by atoms with Crippen LogP contribution in [0, 0.1) is 17.6 Å². The molecule has 3 aromatic rings. The van der Waals surface area contributed by atoms with Crippen molar-refractivity contribution in [2.24, 2.45) is 0 Å². The zero-order chi connectivity index (χ0) is 21.7. The first-order chi connectivity index (χ1) is 14.9. The molecule has 0 spiro atoms. The van der Waals surface area contributed by atoms with Crippen molar-refractivity contribution in [2.75, 3.05) is 16.8 Å². The second kappa shape index (κ2) is 7.40. The van der Waals surface area contributed by atoms with Gasteiger partial charge in [-0.25, -0.2) is 27.5 Å². The summed E-state index contributed by atoms with van der Waals surface area (Å²) in [5.74, 6) is -1.58. The van der Waals surface area contributed by atoms with E-state index in [9.17, 15) is 22.4 Å². The van der Waals surface area contributed by atoms with Gasteiger partial charge in [0.2, 0.25) is 0 Å². The van der Waals surface area contributed by atoms with Gasteiger partial charge in [-0.2, -0.15) is 4.39 Å². The van der Waals surface area contributed by atoms with Gasteiger partial charge in [0.1, 0.15) is 29.3 Å². The summed E-state index contributed by atoms with van der Waals surface area (Å²) in [6.45, 7) is 0.545. The molecule has 0 radical (unpaired) electrons. The maximum Gasteiger partial charge on any atom is 0.319 e. The summed E-state index contributed by atoms with van der Waals surface area (Å²) in [5, 5.41) is 8.43. The zero-order valence-electron chi connectivity index (χ0n) is 16.2. The number of fused-ring (bicyclic) bond motifs is 1. The van der Waals surface area contributed by atoms with Gasteiger partial charge in [-0.15, -0.1) is 5.10 Å². The first-order valence-electron chi connectivity index (χ1n) is 9.89. The summed E-state index contributed by atoms with van der Waals surface area (Å²) in [6.07, 6.45) is 1.93. The third-order valence-electron chi connectivity index (χ3n) is 5.56. The number of nitrogens with one attached hydrogen (secondary N) is 2. The van der Waals surface area contributed by atoms with Crippen molar-refractivity contribution < 1.29 is 22.4 Å². The summed E-state index contributed by atoms with van der Waals surface area (Å²) in [7, 11) is 0. The van der Waals surface area contributed by atoms with Crippen LogP contribution in [-0.4, -0.2) is 39.4 Å². The minimum Gasteiger partial charge on any atom is -0.349 e. The Labute approximate surface area is 174 Å². The average molecular weight is 434 g/mol. The summed E-state index contributed by atoms with van der Waals surface area (Å²) in [5.41, 5.74) is 0.0213. The van der Waals surface area contributed by atoms with Crippen molar-refractivity contribution in [1.82, 2.24) is 19.9 Å². The standard InChI is InChI=1S/C20H18F4N6O/c21-10-3-4-12(22)11(8-10)15-2-1-6-29(15)16-5-7-30-19(26-16)17(18(24)28-30)27-20(31)25-14-9-13(14)23/h3-5,7-8,13-15H,1-2,6,9H2,(H2,25,27,31)/t13-,14+,15-/m1/s1. The number of aromatic nitrogens is 3. The van der Waals surface area contributed by atoms with Crippen LogP contribution in [0.25, 0.3) is 5.65 Å². The number of halogens is 4. The van der Waals surface area contributed by atoms with Gasteiger partial charge in [0.05, 0.1) is 12.1 Å². The van der Waals surface area contributed by atoms with E-state index >= 15 is 0 Å². The van der Waals surface area contributed by atoms with Gasteiger partial charge in [-0.1, -0.05) is 0 Å². The lowest BCUT2D eigenvalue weighted by Crippen LogP contribution is -2.32. The Balaban J connectivity index is 1.46. The number of hydrogen-bond acceptors (Lipinski definition) is 4. The molecule has 0 bridgehead atoms. The predicted molar refractivity (Wildman–Crippen MR) is 104 cm³/mol. The van der Waals surface area contributed by atoms with Gasteiger partial charge in [0, 0.05) is 24.7 Å². The first kappa shape index (κ1) is 19.6. The highest BCUT2D eigenvalue weighted by molar-refractivity contribution is 5.93. The van der Waals surface area contributed by atoms with Gasteiger partial charge in [0.15, 0.2) is 5.65 Å². The van der Waals surface area contributed by atoms with Gasteiger partial charge < -0.3 is 15.5 Å². The number of alkyl halides is 1. The number of rotatable bonds is 4. The van der Waals surface area contributed by atoms with Crippen LogP contribution in [0.5, 0.6) is 0 Å². The third kappa shape index (κ3) is 3.64. The monoisotopic (exact) mass is 434 g/mol. The minimum atomic E-state index is -1.10. The topological polar surface area (TPSA) is 74.6 Å². The fourth-order valence-electron chi connectivity index (χ4n) is 3.93. The van der Waals surface area contributed by atoms with Crippen LogP contribution in [0.15, 0.2) is 30.5 Å². The first-order valence-corrected chi connectivity index (χ1v) is 9.89. The van der Waals surface area contributed by atoms with Crippen molar-refractivity contribution >= 4 is 23.2 Å². The average Bonchev–Trinajstić information content (AvgIpc) is 3.13. The predicted octanol–water partition coefficient (Wildman–Crippen LogP) is 3.72. The molecule has 31 heavy (non-hydrogen) atoms. The number of urea groups is 1. The highest BCUT2D eigenvalue weighted by Gasteiger charge is 2.39. The number of amides is 2. The molecule has 3 atom stereocenters. The van der Waals surface area contributed by atoms with Crippen LogP contribution in [0.1, 0.15) is 30.9 Å². The molecule has 3 heterocycles. The van der Waals surface area contributed by atoms with E-state index in [4.69, 9.17) is 0 Å². The Morgan fingerprint density at radius 3 is 2.77 bits per heavy atom. The molecule has 1 saturated heterocycles. The normalized spacial score (nSPS) is 22.7. The second-order valence-corrected chi connectivity index (χ2v) is 7.69. The van der Waals surface area contributed by atoms with Gasteiger partial charge >= 0.3 is 6.03 Å². The summed E-state index contributed by atoms with van der Waals surface area (Å²) >= 11 is 0. The molecular weight excluding hydrogens is 416 g/mol. The Hall–Kier alpha value is -3.37. The molecule has 1 aliphatic heterocycles. The van der Waals surface area contributed by atoms with Crippen LogP contribution in [0.2, 0.25) is 0 Å². The smallest absolute Gasteiger partial charge is 0.319 e. The number of benzene rings is 1. The number of hydrogen-bond donors (Lipinski definition) is 2. The van der Waals surface area contributed by atoms with Crippen LogP contribution in [0.3, 0.4) is 0 Å². The molecule has 2 amide bonds. The lowest BCUT2D eigenvalue weighted by atomic mass is 10.0. The molecule has 2 aromatic heterocycles. The van der Waals surface area contributed by atoms with E-state index in [2.05, 4.69) is 20.7 Å². The molecule has 7 nitrogen and oxygen atoms in total. The number of nitrogens with zero attached hydrogens (tertiary/aromatic N) is 4. The molecule has 0 unspecified atom stereocenters. The molecule has 1 saturated carbocycles. The Morgan fingerprint density at radius 2 is 2.00 bits per heavy atom. The van der Waals surface area contributed by atoms with Crippen LogP contribution < -0.4 is 15.5 Å². The second-order valence-electron chi connectivity index (χ2n) is 7.69. The molecule has 1 aromatic carbocycles. The maximum atomic E-state index is 14.4. The Bertz CT molecular complexity index is 1170. The molecule has 2 aliphatic rings. The fraction of sp³-hybridized carbons (Fsp3) is 0.350. The summed E-state index contributed by atoms with van der Waals surface area (Å²) < 4.78 is 56.6. The molecule has 5 rings (SSSR count). The lowest BCUT2D eigenvalue weighted by molar-refractivity contribution is 0.250. The highest BCUT2D eigenvalue weighted by Crippen LogP contribution is 2.37. The van der Waals surface area contributed by atoms with Crippen LogP contribution >= 0.6 is 0 Å². The van der Waals surface area contributed by atoms with Crippen LogP contribution in [0.4, 0.5) is 33.9 Å². The van der Waals surface area contributed by atoms with Gasteiger partial charge in [-0.05, 0) is 37.1 Å². The third-order valence-corrected chi connectivity index (χ3v) is 5.56. The molecule has 162 valence electrons. The van der Waals surface area contributed by atoms with E-state index in [0.717, 1.165) is 23.1 Å². The quantitative estimate of drug-likeness (QED) is 0.614. The highest BCUT2D eigenvalue weighted by atomic mass is 19.1. The SMILES string of the molecule is O=C(Nc1c(F)nn2ccc(N3CCC[C@@H]3c3cc(F)ccc3F)nc12)N[C@H]1C[C@H]1F. The fourth-order valence-corrected chi connectivity index (χ4v) is 3.93. The van der Waals surface area contributed by atoms with Crippen molar-refractivity contribution in [2.45, 2.75) is 37.5 Å². The van der Waals surface area contributed by atoms with Gasteiger partial charge in [-0.3, -0.25) is 0 Å². The van der Waals surface area contributed by atoms with E-state index in [1.54, 1.807) is 6.07 Å². The molecule has 2 fully saturated rings. The lowest BCUT2D eigenvalue weighted by Gasteiger charge is -2.26. The number of carbonyl (C=O) groups is 1. The van der Waals surface area contributed by atoms with Gasteiger partial charge in [0.25, 0.3) is 5.95 Å². The molecule has 1 aliphatic carbocycles. The number of anilines is 2. The van der Waals surface area contributed by atoms with E-state index in [0.29, 0.717) is 18.8 Å². The summed E-state index contributed by atoms with van der Waals surface area (Å²) in [4.78, 5) is 18.3. The van der Waals surface area contributed by atoms with Crippen molar-refractivity contribution in [3.05, 3.63) is 53.6 Å². The van der Waals surface area contributed by atoms with E-state index in [1.807, 2.05) is 4.90 Å².